The van der Waals surface area contributed by atoms with Crippen molar-refractivity contribution in [2.24, 2.45) is 0 Å². The summed E-state index contributed by atoms with van der Waals surface area (Å²) in [5.74, 6) is 0.0821. The quantitative estimate of drug-likeness (QED) is 0.420. The summed E-state index contributed by atoms with van der Waals surface area (Å²) >= 11 is 0. The summed E-state index contributed by atoms with van der Waals surface area (Å²) in [5.41, 5.74) is 1.70. The van der Waals surface area contributed by atoms with Crippen LogP contribution in [0, 0.1) is 17.0 Å². The number of methoxy groups -OCH3 is 1. The van der Waals surface area contributed by atoms with Gasteiger partial charge in [0.1, 0.15) is 5.75 Å². The molecule has 0 aliphatic carbocycles. The number of fused-ring (bicyclic) bond motifs is 1. The van der Waals surface area contributed by atoms with E-state index in [0.717, 1.165) is 5.56 Å². The second-order valence-electron chi connectivity index (χ2n) is 5.00. The van der Waals surface area contributed by atoms with Gasteiger partial charge in [-0.25, -0.2) is 0 Å². The normalized spacial score (nSPS) is 10.7. The van der Waals surface area contributed by atoms with Gasteiger partial charge in [-0.1, -0.05) is 4.57 Å². The molecule has 3 aromatic rings. The van der Waals surface area contributed by atoms with Crippen LogP contribution in [0.5, 0.6) is 5.75 Å². The molecule has 0 aliphatic rings. The van der Waals surface area contributed by atoms with Gasteiger partial charge in [0.15, 0.2) is 11.8 Å². The van der Waals surface area contributed by atoms with Gasteiger partial charge in [0.25, 0.3) is 5.69 Å². The molecule has 0 aliphatic heterocycles. The number of aryl methyl sites for hydroxylation is 1. The van der Waals surface area contributed by atoms with Gasteiger partial charge in [-0.15, -0.1) is 0 Å². The SMILES string of the molecule is COc1cc(C)c2oc(=O)[n+](-c3ccc([N+](=O)[O-])cc3)cc2c1. The summed E-state index contributed by atoms with van der Waals surface area (Å²) < 4.78 is 11.9. The highest BCUT2D eigenvalue weighted by atomic mass is 16.6. The first-order valence-corrected chi connectivity index (χ1v) is 6.78. The molecule has 0 bridgehead atoms. The van der Waals surface area contributed by atoms with E-state index in [-0.39, 0.29) is 5.69 Å². The largest absolute Gasteiger partial charge is 0.608 e. The van der Waals surface area contributed by atoms with E-state index in [1.165, 1.54) is 28.8 Å². The summed E-state index contributed by atoms with van der Waals surface area (Å²) in [7, 11) is 1.56. The van der Waals surface area contributed by atoms with Gasteiger partial charge >= 0.3 is 5.76 Å². The highest BCUT2D eigenvalue weighted by Gasteiger charge is 2.18. The fourth-order valence-electron chi connectivity index (χ4n) is 2.36. The van der Waals surface area contributed by atoms with Crippen LogP contribution >= 0.6 is 0 Å². The molecule has 1 heterocycles. The number of nitro benzene ring substituents is 1. The number of nitrogens with zero attached hydrogens (tertiary/aromatic N) is 2. The first-order chi connectivity index (χ1) is 11.0. The van der Waals surface area contributed by atoms with Crippen LogP contribution in [0.2, 0.25) is 0 Å². The van der Waals surface area contributed by atoms with Crippen molar-refractivity contribution in [1.29, 1.82) is 0 Å². The minimum atomic E-state index is -0.570. The Morgan fingerprint density at radius 1 is 1.22 bits per heavy atom. The van der Waals surface area contributed by atoms with Crippen LogP contribution < -0.4 is 15.1 Å². The predicted molar refractivity (Wildman–Crippen MR) is 82.0 cm³/mol. The molecule has 2 aromatic carbocycles. The van der Waals surface area contributed by atoms with Crippen molar-refractivity contribution in [2.75, 3.05) is 7.11 Å². The Hall–Kier alpha value is -3.22. The number of nitro groups is 1. The zero-order valence-corrected chi connectivity index (χ0v) is 12.5. The molecule has 0 saturated heterocycles. The Morgan fingerprint density at radius 2 is 1.91 bits per heavy atom. The zero-order chi connectivity index (χ0) is 16.6. The van der Waals surface area contributed by atoms with E-state index in [1.807, 2.05) is 6.92 Å². The minimum absolute atomic E-state index is 0.0444. The molecule has 1 aromatic heterocycles. The van der Waals surface area contributed by atoms with Crippen molar-refractivity contribution in [3.63, 3.8) is 0 Å². The van der Waals surface area contributed by atoms with Crippen LogP contribution in [0.1, 0.15) is 5.56 Å². The molecule has 7 heteroatoms. The molecule has 0 atom stereocenters. The molecule has 0 radical (unpaired) electrons. The topological polar surface area (TPSA) is 86.5 Å². The van der Waals surface area contributed by atoms with E-state index in [9.17, 15) is 14.9 Å². The number of non-ortho nitro benzene ring substituents is 1. The van der Waals surface area contributed by atoms with Crippen LogP contribution in [0.3, 0.4) is 0 Å². The molecule has 0 saturated carbocycles. The van der Waals surface area contributed by atoms with Gasteiger partial charge in [-0.2, -0.15) is 4.79 Å². The van der Waals surface area contributed by atoms with Gasteiger partial charge < -0.3 is 9.15 Å². The highest BCUT2D eigenvalue weighted by Crippen LogP contribution is 2.23. The summed E-state index contributed by atoms with van der Waals surface area (Å²) in [6, 6.07) is 9.20. The number of hydrogen-bond acceptors (Lipinski definition) is 5. The maximum Gasteiger partial charge on any atom is 0.608 e. The smallest absolute Gasteiger partial charge is 0.497 e. The van der Waals surface area contributed by atoms with E-state index in [2.05, 4.69) is 0 Å². The third-order valence-corrected chi connectivity index (χ3v) is 3.51. The summed E-state index contributed by atoms with van der Waals surface area (Å²) in [6.45, 7) is 1.82. The third-order valence-electron chi connectivity index (χ3n) is 3.51. The lowest BCUT2D eigenvalue weighted by Gasteiger charge is -2.04. The Labute approximate surface area is 130 Å². The van der Waals surface area contributed by atoms with Crippen molar-refractivity contribution >= 4 is 16.7 Å². The van der Waals surface area contributed by atoms with Crippen molar-refractivity contribution in [3.8, 4) is 11.4 Å². The van der Waals surface area contributed by atoms with Crippen molar-refractivity contribution < 1.29 is 18.6 Å². The van der Waals surface area contributed by atoms with Crippen LogP contribution in [-0.4, -0.2) is 12.0 Å². The zero-order valence-electron chi connectivity index (χ0n) is 12.5. The molecular weight excluding hydrogens is 300 g/mol. The van der Waals surface area contributed by atoms with Crippen molar-refractivity contribution in [2.45, 2.75) is 6.92 Å². The maximum atomic E-state index is 12.2. The van der Waals surface area contributed by atoms with Crippen LogP contribution in [0.25, 0.3) is 16.7 Å². The van der Waals surface area contributed by atoms with Gasteiger partial charge in [-0.05, 0) is 24.6 Å². The fourth-order valence-corrected chi connectivity index (χ4v) is 2.36. The fraction of sp³-hybridized carbons (Fsp3) is 0.125. The van der Waals surface area contributed by atoms with Crippen molar-refractivity contribution in [3.05, 3.63) is 68.8 Å². The number of ether oxygens (including phenoxy) is 1. The minimum Gasteiger partial charge on any atom is -0.497 e. The number of hydrogen-bond donors (Lipinski definition) is 0. The lowest BCUT2D eigenvalue weighted by molar-refractivity contribution is -0.623. The molecule has 0 amide bonds. The highest BCUT2D eigenvalue weighted by molar-refractivity contribution is 5.80. The molecule has 3 rings (SSSR count). The van der Waals surface area contributed by atoms with Crippen LogP contribution in [0.4, 0.5) is 5.69 Å². The molecule has 0 fully saturated rings. The van der Waals surface area contributed by atoms with E-state index in [4.69, 9.17) is 9.15 Å². The predicted octanol–water partition coefficient (Wildman–Crippen LogP) is 2.29. The summed E-state index contributed by atoms with van der Waals surface area (Å²) in [6.07, 6.45) is 1.62. The average Bonchev–Trinajstić information content (AvgIpc) is 2.55. The van der Waals surface area contributed by atoms with Crippen LogP contribution in [0.15, 0.2) is 51.8 Å². The molecule has 0 N–H and O–H groups in total. The Morgan fingerprint density at radius 3 is 2.52 bits per heavy atom. The summed E-state index contributed by atoms with van der Waals surface area (Å²) in [4.78, 5) is 22.4. The Bertz CT molecular complexity index is 961. The number of benzene rings is 2. The van der Waals surface area contributed by atoms with Crippen molar-refractivity contribution in [1.82, 2.24) is 0 Å². The van der Waals surface area contributed by atoms with Gasteiger partial charge in [0.05, 0.1) is 17.4 Å². The molecule has 23 heavy (non-hydrogen) atoms. The Balaban J connectivity index is 2.19. The second kappa shape index (κ2) is 5.53. The number of rotatable bonds is 3. The van der Waals surface area contributed by atoms with E-state index < -0.39 is 10.7 Å². The molecule has 0 unspecified atom stereocenters. The van der Waals surface area contributed by atoms with E-state index in [0.29, 0.717) is 22.4 Å². The molecule has 7 nitrogen and oxygen atoms in total. The third kappa shape index (κ3) is 2.64. The Kier molecular flexibility index (Phi) is 3.53. The molecular formula is C16H13N2O5+. The lowest BCUT2D eigenvalue weighted by atomic mass is 10.1. The van der Waals surface area contributed by atoms with E-state index in [1.54, 1.807) is 25.4 Å². The van der Waals surface area contributed by atoms with Gasteiger partial charge in [-0.3, -0.25) is 10.1 Å². The van der Waals surface area contributed by atoms with E-state index >= 15 is 0 Å². The first kappa shape index (κ1) is 14.7. The first-order valence-electron chi connectivity index (χ1n) is 6.78. The average molecular weight is 313 g/mol. The van der Waals surface area contributed by atoms with Gasteiger partial charge in [0.2, 0.25) is 5.69 Å². The van der Waals surface area contributed by atoms with Gasteiger partial charge in [0, 0.05) is 24.3 Å². The van der Waals surface area contributed by atoms with Crippen LogP contribution in [-0.2, 0) is 0 Å². The molecule has 116 valence electrons. The second-order valence-corrected chi connectivity index (χ2v) is 5.00. The lowest BCUT2D eigenvalue weighted by Crippen LogP contribution is -2.46. The number of aromatic nitrogens is 1. The summed E-state index contributed by atoms with van der Waals surface area (Å²) in [5, 5.41) is 11.4. The maximum absolute atomic E-state index is 12.2. The standard InChI is InChI=1S/C16H13N2O5/c1-10-7-14(22-2)8-11-9-17(16(19)23-15(10)11)12-3-5-13(6-4-12)18(20)21/h3-9H,1-2H3/q+1. The molecule has 0 spiro atoms. The monoisotopic (exact) mass is 313 g/mol.